The predicted octanol–water partition coefficient (Wildman–Crippen LogP) is 4.63. The summed E-state index contributed by atoms with van der Waals surface area (Å²) in [5.74, 6) is -0.503. The number of likely N-dealkylation sites (N-methyl/N-ethyl adjacent to an activating group) is 1. The van der Waals surface area contributed by atoms with Gasteiger partial charge in [0, 0.05) is 13.1 Å². The van der Waals surface area contributed by atoms with Gasteiger partial charge >= 0.3 is 12.2 Å². The summed E-state index contributed by atoms with van der Waals surface area (Å²) in [7, 11) is 1.36. The number of benzene rings is 2. The van der Waals surface area contributed by atoms with Gasteiger partial charge in [-0.2, -0.15) is 0 Å². The van der Waals surface area contributed by atoms with Crippen molar-refractivity contribution in [2.75, 3.05) is 7.05 Å². The first kappa shape index (κ1) is 32.6. The molecule has 0 aliphatic heterocycles. The van der Waals surface area contributed by atoms with Crippen molar-refractivity contribution in [1.82, 2.24) is 15.5 Å². The van der Waals surface area contributed by atoms with E-state index < -0.39 is 53.3 Å². The summed E-state index contributed by atoms with van der Waals surface area (Å²) >= 11 is 0. The summed E-state index contributed by atoms with van der Waals surface area (Å²) in [6.07, 6.45) is -2.01. The first-order valence-corrected chi connectivity index (χ1v) is 13.6. The van der Waals surface area contributed by atoms with Gasteiger partial charge in [0.15, 0.2) is 0 Å². The number of alkyl carbamates (subject to hydrolysis) is 1. The van der Waals surface area contributed by atoms with E-state index in [2.05, 4.69) is 10.6 Å². The average Bonchev–Trinajstić information content (AvgIpc) is 2.82. The molecule has 2 aromatic carbocycles. The molecule has 220 valence electrons. The van der Waals surface area contributed by atoms with Crippen molar-refractivity contribution in [3.8, 4) is 0 Å². The van der Waals surface area contributed by atoms with Crippen LogP contribution in [0.25, 0.3) is 0 Å². The number of hydrogen-bond donors (Lipinski definition) is 4. The SMILES string of the molecule is CN(C(=O)O)[C@H](C(=O)N[C@@H](Cc1ccccc1)[C@H](O)C[C@H](Cc1ccccc1)NC(=O)OC(C)(C)C)C(C)(C)C. The van der Waals surface area contributed by atoms with Crippen LogP contribution in [0.15, 0.2) is 60.7 Å². The van der Waals surface area contributed by atoms with Crippen molar-refractivity contribution >= 4 is 18.1 Å². The van der Waals surface area contributed by atoms with Gasteiger partial charge in [-0.25, -0.2) is 9.59 Å². The average molecular weight is 556 g/mol. The number of rotatable bonds is 11. The third-order valence-corrected chi connectivity index (χ3v) is 6.42. The Hall–Kier alpha value is -3.59. The van der Waals surface area contributed by atoms with Crippen molar-refractivity contribution in [2.24, 2.45) is 5.41 Å². The maximum Gasteiger partial charge on any atom is 0.407 e. The molecule has 4 N–H and O–H groups in total. The standard InChI is InChI=1S/C31H45N3O6/c1-30(2,3)26(34(7)29(38)39)27(36)33-24(19-22-16-12-9-13-17-22)25(35)20-23(18-21-14-10-8-11-15-21)32-28(37)40-31(4,5)6/h8-17,23-26,35H,18-20H2,1-7H3,(H,32,37)(H,33,36)(H,38,39)/t23-,24-,25+,26+/m0/s1. The summed E-state index contributed by atoms with van der Waals surface area (Å²) in [5.41, 5.74) is 0.468. The third kappa shape index (κ3) is 10.9. The Bertz CT molecular complexity index is 1100. The van der Waals surface area contributed by atoms with E-state index in [9.17, 15) is 24.6 Å². The molecular formula is C31H45N3O6. The minimum Gasteiger partial charge on any atom is -0.465 e. The lowest BCUT2D eigenvalue weighted by Crippen LogP contribution is -2.58. The molecule has 0 bridgehead atoms. The molecule has 0 saturated heterocycles. The molecule has 0 aliphatic carbocycles. The van der Waals surface area contributed by atoms with Crippen molar-refractivity contribution in [3.05, 3.63) is 71.8 Å². The maximum atomic E-state index is 13.5. The zero-order valence-corrected chi connectivity index (χ0v) is 24.7. The van der Waals surface area contributed by atoms with E-state index in [1.54, 1.807) is 41.5 Å². The van der Waals surface area contributed by atoms with Gasteiger partial charge in [-0.3, -0.25) is 9.69 Å². The molecular weight excluding hydrogens is 510 g/mol. The summed E-state index contributed by atoms with van der Waals surface area (Å²) in [5, 5.41) is 26.9. The number of nitrogens with one attached hydrogen (secondary N) is 2. The number of aliphatic hydroxyl groups is 1. The topological polar surface area (TPSA) is 128 Å². The van der Waals surface area contributed by atoms with Crippen LogP contribution in [-0.2, 0) is 22.4 Å². The normalized spacial score (nSPS) is 14.8. The van der Waals surface area contributed by atoms with E-state index in [0.717, 1.165) is 16.0 Å². The van der Waals surface area contributed by atoms with Gasteiger partial charge in [0.2, 0.25) is 5.91 Å². The van der Waals surface area contributed by atoms with Crippen LogP contribution in [0.3, 0.4) is 0 Å². The van der Waals surface area contributed by atoms with Crippen LogP contribution in [0.1, 0.15) is 59.1 Å². The molecule has 0 saturated carbocycles. The van der Waals surface area contributed by atoms with Gasteiger partial charge < -0.3 is 25.6 Å². The molecule has 0 radical (unpaired) electrons. The Morgan fingerprint density at radius 2 is 1.35 bits per heavy atom. The second-order valence-electron chi connectivity index (χ2n) is 12.3. The van der Waals surface area contributed by atoms with E-state index >= 15 is 0 Å². The molecule has 4 atom stereocenters. The number of nitrogens with zero attached hydrogens (tertiary/aromatic N) is 1. The highest BCUT2D eigenvalue weighted by Crippen LogP contribution is 2.25. The molecule has 2 aromatic rings. The number of hydrogen-bond acceptors (Lipinski definition) is 5. The van der Waals surface area contributed by atoms with Crippen molar-refractivity contribution in [1.29, 1.82) is 0 Å². The highest BCUT2D eigenvalue weighted by molar-refractivity contribution is 5.86. The Labute approximate surface area is 237 Å². The molecule has 0 heterocycles. The van der Waals surface area contributed by atoms with Gasteiger partial charge in [-0.1, -0.05) is 81.4 Å². The summed E-state index contributed by atoms with van der Waals surface area (Å²) in [6, 6.07) is 16.8. The van der Waals surface area contributed by atoms with Crippen LogP contribution in [-0.4, -0.2) is 70.1 Å². The number of carboxylic acid groups (broad SMARTS) is 1. The Morgan fingerprint density at radius 3 is 1.80 bits per heavy atom. The number of amides is 3. The predicted molar refractivity (Wildman–Crippen MR) is 155 cm³/mol. The van der Waals surface area contributed by atoms with Gasteiger partial charge in [-0.05, 0) is 56.6 Å². The van der Waals surface area contributed by atoms with Gasteiger partial charge in [0.1, 0.15) is 11.6 Å². The van der Waals surface area contributed by atoms with Gasteiger partial charge in [0.25, 0.3) is 0 Å². The number of ether oxygens (including phenoxy) is 1. The molecule has 3 amide bonds. The van der Waals surface area contributed by atoms with Crippen molar-refractivity contribution < 1.29 is 29.3 Å². The fraction of sp³-hybridized carbons (Fsp3) is 0.516. The first-order valence-electron chi connectivity index (χ1n) is 13.6. The van der Waals surface area contributed by atoms with Gasteiger partial charge in [-0.15, -0.1) is 0 Å². The Kier molecular flexibility index (Phi) is 11.5. The zero-order chi connectivity index (χ0) is 30.1. The minimum atomic E-state index is -1.22. The Morgan fingerprint density at radius 1 is 0.850 bits per heavy atom. The van der Waals surface area contributed by atoms with E-state index in [1.165, 1.54) is 7.05 Å². The van der Waals surface area contributed by atoms with Crippen LogP contribution in [0.4, 0.5) is 9.59 Å². The largest absolute Gasteiger partial charge is 0.465 e. The fourth-order valence-corrected chi connectivity index (χ4v) is 4.70. The van der Waals surface area contributed by atoms with Crippen LogP contribution >= 0.6 is 0 Å². The quantitative estimate of drug-likeness (QED) is 0.320. The van der Waals surface area contributed by atoms with Gasteiger partial charge in [0.05, 0.1) is 12.1 Å². The van der Waals surface area contributed by atoms with E-state index in [0.29, 0.717) is 12.8 Å². The lowest BCUT2D eigenvalue weighted by atomic mass is 9.84. The highest BCUT2D eigenvalue weighted by Gasteiger charge is 2.39. The fourth-order valence-electron chi connectivity index (χ4n) is 4.70. The highest BCUT2D eigenvalue weighted by atomic mass is 16.6. The molecule has 9 nitrogen and oxygen atoms in total. The van der Waals surface area contributed by atoms with Crippen molar-refractivity contribution in [3.63, 3.8) is 0 Å². The monoisotopic (exact) mass is 555 g/mol. The van der Waals surface area contributed by atoms with Crippen LogP contribution in [0.2, 0.25) is 0 Å². The van der Waals surface area contributed by atoms with Crippen LogP contribution < -0.4 is 10.6 Å². The van der Waals surface area contributed by atoms with E-state index in [-0.39, 0.29) is 6.42 Å². The second-order valence-corrected chi connectivity index (χ2v) is 12.3. The molecule has 2 rings (SSSR count). The number of carbonyl (C=O) groups is 3. The lowest BCUT2D eigenvalue weighted by molar-refractivity contribution is -0.130. The smallest absolute Gasteiger partial charge is 0.407 e. The molecule has 0 spiro atoms. The van der Waals surface area contributed by atoms with Crippen LogP contribution in [0.5, 0.6) is 0 Å². The lowest BCUT2D eigenvalue weighted by Gasteiger charge is -2.37. The Balaban J connectivity index is 2.34. The van der Waals surface area contributed by atoms with Crippen LogP contribution in [0, 0.1) is 5.41 Å². The third-order valence-electron chi connectivity index (χ3n) is 6.42. The maximum absolute atomic E-state index is 13.5. The molecule has 0 aromatic heterocycles. The first-order chi connectivity index (χ1) is 18.6. The summed E-state index contributed by atoms with van der Waals surface area (Å²) in [4.78, 5) is 39.0. The van der Waals surface area contributed by atoms with E-state index in [4.69, 9.17) is 4.74 Å². The number of carbonyl (C=O) groups excluding carboxylic acids is 2. The molecule has 0 unspecified atom stereocenters. The summed E-state index contributed by atoms with van der Waals surface area (Å²) in [6.45, 7) is 10.7. The molecule has 40 heavy (non-hydrogen) atoms. The molecule has 9 heteroatoms. The summed E-state index contributed by atoms with van der Waals surface area (Å²) < 4.78 is 5.46. The zero-order valence-electron chi connectivity index (χ0n) is 24.7. The minimum absolute atomic E-state index is 0.126. The number of aliphatic hydroxyl groups excluding tert-OH is 1. The van der Waals surface area contributed by atoms with E-state index in [1.807, 2.05) is 60.7 Å². The molecule has 0 fully saturated rings. The van der Waals surface area contributed by atoms with Crippen molar-refractivity contribution in [2.45, 2.75) is 90.6 Å². The second kappa shape index (κ2) is 14.2. The molecule has 0 aliphatic rings.